The Hall–Kier alpha value is -2.68. The number of likely N-dealkylation sites (tertiary alicyclic amines) is 1. The molecule has 0 aliphatic carbocycles. The Morgan fingerprint density at radius 3 is 2.44 bits per heavy atom. The van der Waals surface area contributed by atoms with Crippen LogP contribution in [-0.2, 0) is 6.18 Å². The van der Waals surface area contributed by atoms with Gasteiger partial charge in [0, 0.05) is 6.54 Å². The summed E-state index contributed by atoms with van der Waals surface area (Å²) in [6, 6.07) is 12.9. The van der Waals surface area contributed by atoms with Crippen LogP contribution in [0, 0.1) is 0 Å². The van der Waals surface area contributed by atoms with E-state index < -0.39 is 12.0 Å². The van der Waals surface area contributed by atoms with Crippen molar-refractivity contribution in [1.29, 1.82) is 0 Å². The lowest BCUT2D eigenvalue weighted by atomic mass is 10.1. The fraction of sp³-hybridized carbons (Fsp3) is 0.389. The molecule has 3 aromatic rings. The van der Waals surface area contributed by atoms with Crippen LogP contribution in [0.1, 0.15) is 30.3 Å². The molecule has 6 nitrogen and oxygen atoms in total. The first-order valence-corrected chi connectivity index (χ1v) is 8.84. The standard InChI is InChI=1S/C18H19F3N6/c19-18(20,21)17-24-23-16-9-8-15(25-27(16)17)22-14(12-26-10-4-5-11-26)13-6-2-1-3-7-13/h1-3,6-9,14H,4-5,10-12H2,(H,22,25). The molecule has 0 radical (unpaired) electrons. The van der Waals surface area contributed by atoms with E-state index in [4.69, 9.17) is 0 Å². The van der Waals surface area contributed by atoms with Gasteiger partial charge < -0.3 is 10.2 Å². The van der Waals surface area contributed by atoms with Gasteiger partial charge in [0.2, 0.25) is 0 Å². The Balaban J connectivity index is 1.63. The van der Waals surface area contributed by atoms with E-state index in [2.05, 4.69) is 25.5 Å². The second-order valence-corrected chi connectivity index (χ2v) is 6.63. The normalized spacial score (nSPS) is 16.7. The highest BCUT2D eigenvalue weighted by Gasteiger charge is 2.37. The monoisotopic (exact) mass is 376 g/mol. The summed E-state index contributed by atoms with van der Waals surface area (Å²) in [7, 11) is 0. The van der Waals surface area contributed by atoms with Crippen LogP contribution < -0.4 is 5.32 Å². The van der Waals surface area contributed by atoms with E-state index in [1.54, 1.807) is 6.07 Å². The first kappa shape index (κ1) is 17.7. The summed E-state index contributed by atoms with van der Waals surface area (Å²) in [5.41, 5.74) is 1.12. The van der Waals surface area contributed by atoms with Gasteiger partial charge in [-0.1, -0.05) is 30.3 Å². The zero-order valence-corrected chi connectivity index (χ0v) is 14.5. The fourth-order valence-corrected chi connectivity index (χ4v) is 3.36. The summed E-state index contributed by atoms with van der Waals surface area (Å²) in [5.74, 6) is -0.780. The summed E-state index contributed by atoms with van der Waals surface area (Å²) in [6.45, 7) is 2.82. The number of rotatable bonds is 5. The highest BCUT2D eigenvalue weighted by atomic mass is 19.4. The number of aromatic nitrogens is 4. The van der Waals surface area contributed by atoms with Crippen LogP contribution in [0.15, 0.2) is 42.5 Å². The molecule has 3 heterocycles. The summed E-state index contributed by atoms with van der Waals surface area (Å²) in [5, 5.41) is 14.1. The molecule has 0 saturated carbocycles. The minimum absolute atomic E-state index is 0.0590. The third-order valence-corrected chi connectivity index (χ3v) is 4.68. The molecular formula is C18H19F3N6. The van der Waals surface area contributed by atoms with E-state index in [0.717, 1.165) is 29.7 Å². The molecular weight excluding hydrogens is 357 g/mol. The lowest BCUT2D eigenvalue weighted by Crippen LogP contribution is -2.29. The van der Waals surface area contributed by atoms with Crippen LogP contribution >= 0.6 is 0 Å². The SMILES string of the molecule is FC(F)(F)c1nnc2ccc(NC(CN3CCCC3)c3ccccc3)nn12. The van der Waals surface area contributed by atoms with Crippen molar-refractivity contribution in [2.45, 2.75) is 25.1 Å². The predicted octanol–water partition coefficient (Wildman–Crippen LogP) is 3.39. The van der Waals surface area contributed by atoms with Gasteiger partial charge in [0.05, 0.1) is 6.04 Å². The molecule has 1 aliphatic rings. The predicted molar refractivity (Wildman–Crippen MR) is 94.3 cm³/mol. The molecule has 27 heavy (non-hydrogen) atoms. The molecule has 1 aliphatic heterocycles. The van der Waals surface area contributed by atoms with Crippen LogP contribution in [0.2, 0.25) is 0 Å². The molecule has 4 rings (SSSR count). The molecule has 1 unspecified atom stereocenters. The van der Waals surface area contributed by atoms with E-state index in [9.17, 15) is 13.2 Å². The third-order valence-electron chi connectivity index (χ3n) is 4.68. The first-order valence-electron chi connectivity index (χ1n) is 8.84. The summed E-state index contributed by atoms with van der Waals surface area (Å²) >= 11 is 0. The average Bonchev–Trinajstić information content (AvgIpc) is 3.30. The van der Waals surface area contributed by atoms with Gasteiger partial charge >= 0.3 is 6.18 Å². The zero-order chi connectivity index (χ0) is 18.9. The molecule has 9 heteroatoms. The average molecular weight is 376 g/mol. The summed E-state index contributed by atoms with van der Waals surface area (Å²) in [4.78, 5) is 2.35. The number of alkyl halides is 3. The molecule has 2 aromatic heterocycles. The minimum atomic E-state index is -4.61. The fourth-order valence-electron chi connectivity index (χ4n) is 3.36. The highest BCUT2D eigenvalue weighted by molar-refractivity contribution is 5.45. The number of nitrogens with one attached hydrogen (secondary N) is 1. The van der Waals surface area contributed by atoms with Crippen molar-refractivity contribution < 1.29 is 13.2 Å². The molecule has 0 amide bonds. The Labute approximate surface area is 154 Å². The van der Waals surface area contributed by atoms with Gasteiger partial charge in [-0.2, -0.15) is 17.7 Å². The molecule has 1 aromatic carbocycles. The molecule has 0 spiro atoms. The third kappa shape index (κ3) is 3.87. The maximum Gasteiger partial charge on any atom is 0.453 e. The Kier molecular flexibility index (Phi) is 4.69. The van der Waals surface area contributed by atoms with Crippen LogP contribution in [0.25, 0.3) is 5.65 Å². The topological polar surface area (TPSA) is 58.4 Å². The number of fused-ring (bicyclic) bond motifs is 1. The van der Waals surface area contributed by atoms with Crippen LogP contribution in [0.3, 0.4) is 0 Å². The second-order valence-electron chi connectivity index (χ2n) is 6.63. The number of anilines is 1. The van der Waals surface area contributed by atoms with Gasteiger partial charge in [-0.15, -0.1) is 15.3 Å². The van der Waals surface area contributed by atoms with Gasteiger partial charge in [0.15, 0.2) is 5.65 Å². The molecule has 1 N–H and O–H groups in total. The van der Waals surface area contributed by atoms with E-state index >= 15 is 0 Å². The highest BCUT2D eigenvalue weighted by Crippen LogP contribution is 2.28. The molecule has 142 valence electrons. The van der Waals surface area contributed by atoms with Crippen molar-refractivity contribution >= 4 is 11.5 Å². The molecule has 0 bridgehead atoms. The Bertz CT molecular complexity index is 902. The molecule has 1 atom stereocenters. The number of hydrogen-bond acceptors (Lipinski definition) is 5. The minimum Gasteiger partial charge on any atom is -0.361 e. The van der Waals surface area contributed by atoms with Crippen molar-refractivity contribution in [2.24, 2.45) is 0 Å². The van der Waals surface area contributed by atoms with Crippen molar-refractivity contribution in [3.8, 4) is 0 Å². The number of hydrogen-bond donors (Lipinski definition) is 1. The molecule has 1 fully saturated rings. The van der Waals surface area contributed by atoms with E-state index in [1.807, 2.05) is 30.3 Å². The van der Waals surface area contributed by atoms with Crippen molar-refractivity contribution in [1.82, 2.24) is 24.7 Å². The Morgan fingerprint density at radius 1 is 1.00 bits per heavy atom. The Morgan fingerprint density at radius 2 is 1.74 bits per heavy atom. The van der Waals surface area contributed by atoms with Gasteiger partial charge in [-0.05, 0) is 43.6 Å². The summed E-state index contributed by atoms with van der Waals surface area (Å²) in [6.07, 6.45) is -2.28. The quantitative estimate of drug-likeness (QED) is 0.740. The van der Waals surface area contributed by atoms with E-state index in [1.165, 1.54) is 18.9 Å². The van der Waals surface area contributed by atoms with Crippen molar-refractivity contribution in [3.05, 3.63) is 53.9 Å². The molecule has 1 saturated heterocycles. The van der Waals surface area contributed by atoms with Gasteiger partial charge in [-0.25, -0.2) is 0 Å². The van der Waals surface area contributed by atoms with Crippen molar-refractivity contribution in [2.75, 3.05) is 25.0 Å². The number of nitrogens with zero attached hydrogens (tertiary/aromatic N) is 5. The maximum absolute atomic E-state index is 13.1. The first-order chi connectivity index (χ1) is 13.0. The number of benzene rings is 1. The lowest BCUT2D eigenvalue weighted by molar-refractivity contribution is -0.146. The maximum atomic E-state index is 13.1. The van der Waals surface area contributed by atoms with E-state index in [0.29, 0.717) is 5.82 Å². The van der Waals surface area contributed by atoms with Crippen LogP contribution in [0.4, 0.5) is 19.0 Å². The van der Waals surface area contributed by atoms with Crippen LogP contribution in [-0.4, -0.2) is 44.3 Å². The number of halogens is 3. The zero-order valence-electron chi connectivity index (χ0n) is 14.5. The second kappa shape index (κ2) is 7.15. The van der Waals surface area contributed by atoms with Crippen molar-refractivity contribution in [3.63, 3.8) is 0 Å². The summed E-state index contributed by atoms with van der Waals surface area (Å²) < 4.78 is 40.0. The van der Waals surface area contributed by atoms with Gasteiger partial charge in [0.25, 0.3) is 5.82 Å². The van der Waals surface area contributed by atoms with Gasteiger partial charge in [0.1, 0.15) is 5.82 Å². The largest absolute Gasteiger partial charge is 0.453 e. The van der Waals surface area contributed by atoms with E-state index in [-0.39, 0.29) is 11.7 Å². The lowest BCUT2D eigenvalue weighted by Gasteiger charge is -2.25. The van der Waals surface area contributed by atoms with Crippen LogP contribution in [0.5, 0.6) is 0 Å². The van der Waals surface area contributed by atoms with Gasteiger partial charge in [-0.3, -0.25) is 0 Å². The smallest absolute Gasteiger partial charge is 0.361 e.